The number of rotatable bonds is 3. The topological polar surface area (TPSA) is 90.2 Å². The highest BCUT2D eigenvalue weighted by molar-refractivity contribution is 7.99. The monoisotopic (exact) mass is 286 g/mol. The van der Waals surface area contributed by atoms with Gasteiger partial charge in [-0.05, 0) is 19.1 Å². The molecule has 19 heavy (non-hydrogen) atoms. The predicted octanol–water partition coefficient (Wildman–Crippen LogP) is -0.113. The Hall–Kier alpha value is -0.630. The van der Waals surface area contributed by atoms with Crippen LogP contribution in [0.3, 0.4) is 0 Å². The SMILES string of the molecule is Cc1ccc(SC2O[C@H](CO)[C@@H](O)[C@H](O)[C@H]2O)cc1. The summed E-state index contributed by atoms with van der Waals surface area (Å²) in [6.45, 7) is 1.57. The molecule has 5 nitrogen and oxygen atoms in total. The van der Waals surface area contributed by atoms with E-state index in [1.54, 1.807) is 0 Å². The molecule has 0 bridgehead atoms. The van der Waals surface area contributed by atoms with Crippen LogP contribution in [0.2, 0.25) is 0 Å². The first kappa shape index (κ1) is 14.8. The highest BCUT2D eigenvalue weighted by Crippen LogP contribution is 2.33. The molecule has 0 amide bonds. The highest BCUT2D eigenvalue weighted by atomic mass is 32.2. The summed E-state index contributed by atoms with van der Waals surface area (Å²) in [6, 6.07) is 7.65. The van der Waals surface area contributed by atoms with Crippen molar-refractivity contribution in [1.82, 2.24) is 0 Å². The normalized spacial score (nSPS) is 35.3. The molecule has 6 heteroatoms. The molecule has 0 saturated carbocycles. The molecule has 0 aliphatic carbocycles. The van der Waals surface area contributed by atoms with Crippen molar-refractivity contribution in [3.05, 3.63) is 29.8 Å². The van der Waals surface area contributed by atoms with Crippen LogP contribution in [0.15, 0.2) is 29.2 Å². The Kier molecular flexibility index (Phi) is 4.83. The summed E-state index contributed by atoms with van der Waals surface area (Å²) in [7, 11) is 0. The first-order valence-corrected chi connectivity index (χ1v) is 6.94. The van der Waals surface area contributed by atoms with Gasteiger partial charge in [-0.25, -0.2) is 0 Å². The van der Waals surface area contributed by atoms with Crippen LogP contribution in [0, 0.1) is 6.92 Å². The third kappa shape index (κ3) is 3.28. The van der Waals surface area contributed by atoms with Gasteiger partial charge in [0.15, 0.2) is 0 Å². The molecule has 0 spiro atoms. The van der Waals surface area contributed by atoms with Crippen LogP contribution in [0.4, 0.5) is 0 Å². The first-order chi connectivity index (χ1) is 9.02. The number of aryl methyl sites for hydroxylation is 1. The maximum atomic E-state index is 9.90. The number of hydrogen-bond acceptors (Lipinski definition) is 6. The van der Waals surface area contributed by atoms with E-state index in [2.05, 4.69) is 0 Å². The van der Waals surface area contributed by atoms with Crippen LogP contribution >= 0.6 is 11.8 Å². The zero-order valence-electron chi connectivity index (χ0n) is 10.5. The summed E-state index contributed by atoms with van der Waals surface area (Å²) in [5.41, 5.74) is 0.399. The number of hydrogen-bond donors (Lipinski definition) is 4. The van der Waals surface area contributed by atoms with Crippen molar-refractivity contribution in [1.29, 1.82) is 0 Å². The standard InChI is InChI=1S/C13H18O5S/c1-7-2-4-8(5-3-7)19-13-12(17)11(16)10(15)9(6-14)18-13/h2-5,9-17H,6H2,1H3/t9-,10-,11+,12-,13?/m1/s1. The Morgan fingerprint density at radius 3 is 2.26 bits per heavy atom. The first-order valence-electron chi connectivity index (χ1n) is 6.07. The van der Waals surface area contributed by atoms with E-state index >= 15 is 0 Å². The molecule has 1 aliphatic rings. The van der Waals surface area contributed by atoms with Gasteiger partial charge >= 0.3 is 0 Å². The molecule has 1 fully saturated rings. The van der Waals surface area contributed by atoms with Crippen LogP contribution < -0.4 is 0 Å². The summed E-state index contributed by atoms with van der Waals surface area (Å²) in [5.74, 6) is 0. The molecule has 0 aromatic heterocycles. The van der Waals surface area contributed by atoms with Crippen LogP contribution in [-0.4, -0.2) is 56.9 Å². The molecule has 1 aliphatic heterocycles. The minimum atomic E-state index is -1.33. The van der Waals surface area contributed by atoms with Crippen LogP contribution in [0.5, 0.6) is 0 Å². The molecule has 1 aromatic carbocycles. The van der Waals surface area contributed by atoms with E-state index in [1.165, 1.54) is 11.8 Å². The second-order valence-electron chi connectivity index (χ2n) is 4.63. The van der Waals surface area contributed by atoms with Gasteiger partial charge in [0.2, 0.25) is 0 Å². The number of benzene rings is 1. The maximum Gasteiger partial charge on any atom is 0.136 e. The zero-order chi connectivity index (χ0) is 14.0. The van der Waals surface area contributed by atoms with E-state index in [9.17, 15) is 15.3 Å². The molecule has 4 N–H and O–H groups in total. The van der Waals surface area contributed by atoms with Crippen molar-refractivity contribution in [2.24, 2.45) is 0 Å². The Bertz CT molecular complexity index is 408. The van der Waals surface area contributed by atoms with E-state index in [1.807, 2.05) is 31.2 Å². The number of ether oxygens (including phenoxy) is 1. The Labute approximate surface area is 115 Å². The predicted molar refractivity (Wildman–Crippen MR) is 70.8 cm³/mol. The second kappa shape index (κ2) is 6.21. The third-order valence-electron chi connectivity index (χ3n) is 3.12. The van der Waals surface area contributed by atoms with Gasteiger partial charge < -0.3 is 25.2 Å². The van der Waals surface area contributed by atoms with Crippen molar-refractivity contribution >= 4 is 11.8 Å². The van der Waals surface area contributed by atoms with Crippen molar-refractivity contribution in [3.63, 3.8) is 0 Å². The van der Waals surface area contributed by atoms with E-state index in [0.717, 1.165) is 10.5 Å². The van der Waals surface area contributed by atoms with Crippen LogP contribution in [-0.2, 0) is 4.74 Å². The van der Waals surface area contributed by atoms with Gasteiger partial charge in [0.25, 0.3) is 0 Å². The lowest BCUT2D eigenvalue weighted by Crippen LogP contribution is -2.57. The van der Waals surface area contributed by atoms with Crippen molar-refractivity contribution in [2.45, 2.75) is 41.7 Å². The molecule has 1 aromatic rings. The second-order valence-corrected chi connectivity index (χ2v) is 5.80. The fraction of sp³-hybridized carbons (Fsp3) is 0.538. The fourth-order valence-corrected chi connectivity index (χ4v) is 2.98. The van der Waals surface area contributed by atoms with Gasteiger partial charge in [-0.15, -0.1) is 0 Å². The maximum absolute atomic E-state index is 9.90. The summed E-state index contributed by atoms with van der Waals surface area (Å²) < 4.78 is 5.42. The zero-order valence-corrected chi connectivity index (χ0v) is 11.3. The van der Waals surface area contributed by atoms with Gasteiger partial charge in [-0.2, -0.15) is 0 Å². The largest absolute Gasteiger partial charge is 0.394 e. The lowest BCUT2D eigenvalue weighted by atomic mass is 10.0. The quantitative estimate of drug-likeness (QED) is 0.620. The summed E-state index contributed by atoms with van der Waals surface area (Å²) in [4.78, 5) is 0.884. The summed E-state index contributed by atoms with van der Waals surface area (Å²) >= 11 is 1.25. The Morgan fingerprint density at radius 2 is 1.68 bits per heavy atom. The van der Waals surface area contributed by atoms with Gasteiger partial charge in [0, 0.05) is 4.90 Å². The molecule has 0 radical (unpaired) electrons. The third-order valence-corrected chi connectivity index (χ3v) is 4.29. The van der Waals surface area contributed by atoms with E-state index < -0.39 is 36.5 Å². The lowest BCUT2D eigenvalue weighted by Gasteiger charge is -2.39. The molecule has 1 unspecified atom stereocenters. The fourth-order valence-electron chi connectivity index (χ4n) is 1.92. The van der Waals surface area contributed by atoms with Gasteiger partial charge in [-0.3, -0.25) is 0 Å². The van der Waals surface area contributed by atoms with Gasteiger partial charge in [0.05, 0.1) is 6.61 Å². The molecular formula is C13H18O5S. The lowest BCUT2D eigenvalue weighted by molar-refractivity contribution is -0.205. The average molecular weight is 286 g/mol. The number of aliphatic hydroxyl groups excluding tert-OH is 4. The minimum absolute atomic E-state index is 0.407. The molecule has 1 saturated heterocycles. The van der Waals surface area contributed by atoms with Crippen LogP contribution in [0.25, 0.3) is 0 Å². The van der Waals surface area contributed by atoms with Crippen LogP contribution in [0.1, 0.15) is 5.56 Å². The molecular weight excluding hydrogens is 268 g/mol. The molecule has 5 atom stereocenters. The summed E-state index contributed by atoms with van der Waals surface area (Å²) in [5, 5.41) is 38.4. The van der Waals surface area contributed by atoms with E-state index in [0.29, 0.717) is 0 Å². The smallest absolute Gasteiger partial charge is 0.136 e. The Balaban J connectivity index is 2.08. The highest BCUT2D eigenvalue weighted by Gasteiger charge is 2.43. The van der Waals surface area contributed by atoms with Gasteiger partial charge in [0.1, 0.15) is 29.9 Å². The summed E-state index contributed by atoms with van der Waals surface area (Å²) in [6.07, 6.45) is -4.70. The number of thioether (sulfide) groups is 1. The molecule has 2 rings (SSSR count). The van der Waals surface area contributed by atoms with E-state index in [4.69, 9.17) is 9.84 Å². The molecule has 106 valence electrons. The average Bonchev–Trinajstić information content (AvgIpc) is 2.42. The Morgan fingerprint density at radius 1 is 1.05 bits per heavy atom. The molecule has 1 heterocycles. The van der Waals surface area contributed by atoms with E-state index in [-0.39, 0.29) is 0 Å². The van der Waals surface area contributed by atoms with Crippen molar-refractivity contribution < 1.29 is 25.2 Å². The number of aliphatic hydroxyl groups is 4. The van der Waals surface area contributed by atoms with Gasteiger partial charge in [-0.1, -0.05) is 29.5 Å². The van der Waals surface area contributed by atoms with Crippen molar-refractivity contribution in [2.75, 3.05) is 6.61 Å². The minimum Gasteiger partial charge on any atom is -0.394 e. The van der Waals surface area contributed by atoms with Crippen molar-refractivity contribution in [3.8, 4) is 0 Å².